The van der Waals surface area contributed by atoms with Crippen molar-refractivity contribution in [2.24, 2.45) is 0 Å². The van der Waals surface area contributed by atoms with Crippen molar-refractivity contribution < 1.29 is 4.79 Å². The lowest BCUT2D eigenvalue weighted by Gasteiger charge is -2.17. The third kappa shape index (κ3) is 0.990. The van der Waals surface area contributed by atoms with Gasteiger partial charge in [0.25, 0.3) is 0 Å². The zero-order valence-corrected chi connectivity index (χ0v) is 6.59. The maximum absolute atomic E-state index is 10.9. The number of nitrogens with zero attached hydrogens (tertiary/aromatic N) is 2. The van der Waals surface area contributed by atoms with E-state index >= 15 is 0 Å². The third-order valence-corrected chi connectivity index (χ3v) is 1.72. The monoisotopic (exact) mass is 164 g/mol. The van der Waals surface area contributed by atoms with Crippen LogP contribution in [-0.2, 0) is 4.79 Å². The Morgan fingerprint density at radius 3 is 3.17 bits per heavy atom. The summed E-state index contributed by atoms with van der Waals surface area (Å²) in [5, 5.41) is 5.59. The Bertz CT molecular complexity index is 336. The lowest BCUT2D eigenvalue weighted by atomic mass is 10.3. The van der Waals surface area contributed by atoms with Crippen molar-refractivity contribution in [2.45, 2.75) is 6.92 Å². The van der Waals surface area contributed by atoms with Crippen LogP contribution in [0.2, 0.25) is 0 Å². The van der Waals surface area contributed by atoms with Crippen LogP contribution in [0, 0.1) is 6.92 Å². The molecule has 1 aromatic heterocycles. The SMILES string of the molecule is Cc1ncnc2c1NCC(=O)N2. The topological polar surface area (TPSA) is 66.9 Å². The number of rotatable bonds is 0. The quantitative estimate of drug-likeness (QED) is 0.572. The average Bonchev–Trinajstić information content (AvgIpc) is 2.04. The van der Waals surface area contributed by atoms with Crippen molar-refractivity contribution in [1.82, 2.24) is 9.97 Å². The second-order valence-corrected chi connectivity index (χ2v) is 2.58. The fourth-order valence-corrected chi connectivity index (χ4v) is 1.12. The summed E-state index contributed by atoms with van der Waals surface area (Å²) in [5.41, 5.74) is 1.66. The number of anilines is 2. The van der Waals surface area contributed by atoms with Crippen LogP contribution >= 0.6 is 0 Å². The molecule has 2 rings (SSSR count). The molecular formula is C7H8N4O. The van der Waals surface area contributed by atoms with E-state index in [-0.39, 0.29) is 5.91 Å². The molecule has 0 fully saturated rings. The standard InChI is InChI=1S/C7H8N4O/c1-4-6-7(10-3-9-4)11-5(12)2-8-6/h3,8H,2H2,1H3,(H,9,10,11,12). The normalized spacial score (nSPS) is 14.6. The second kappa shape index (κ2) is 2.44. The van der Waals surface area contributed by atoms with Crippen LogP contribution in [0.1, 0.15) is 5.69 Å². The molecule has 0 spiro atoms. The van der Waals surface area contributed by atoms with E-state index in [0.29, 0.717) is 12.4 Å². The van der Waals surface area contributed by atoms with E-state index in [1.807, 2.05) is 6.92 Å². The predicted molar refractivity (Wildman–Crippen MR) is 43.9 cm³/mol. The highest BCUT2D eigenvalue weighted by atomic mass is 16.2. The highest BCUT2D eigenvalue weighted by Gasteiger charge is 2.16. The summed E-state index contributed by atoms with van der Waals surface area (Å²) < 4.78 is 0. The van der Waals surface area contributed by atoms with Gasteiger partial charge in [0.05, 0.1) is 17.9 Å². The predicted octanol–water partition coefficient (Wildman–Crippen LogP) is 0.149. The highest BCUT2D eigenvalue weighted by Crippen LogP contribution is 2.23. The summed E-state index contributed by atoms with van der Waals surface area (Å²) in [5.74, 6) is 0.499. The first-order valence-electron chi connectivity index (χ1n) is 3.62. The van der Waals surface area contributed by atoms with Gasteiger partial charge in [0, 0.05) is 0 Å². The number of nitrogens with one attached hydrogen (secondary N) is 2. The molecule has 2 N–H and O–H groups in total. The minimum absolute atomic E-state index is 0.0689. The molecule has 1 aliphatic heterocycles. The van der Waals surface area contributed by atoms with Gasteiger partial charge in [-0.25, -0.2) is 9.97 Å². The van der Waals surface area contributed by atoms with Gasteiger partial charge in [-0.05, 0) is 6.92 Å². The first kappa shape index (κ1) is 7.02. The number of hydrogen-bond acceptors (Lipinski definition) is 4. The maximum Gasteiger partial charge on any atom is 0.244 e. The molecule has 1 aliphatic rings. The Labute approximate surface area is 69.2 Å². The van der Waals surface area contributed by atoms with Crippen LogP contribution in [0.3, 0.4) is 0 Å². The Hall–Kier alpha value is -1.65. The molecule has 0 aromatic carbocycles. The van der Waals surface area contributed by atoms with Gasteiger partial charge >= 0.3 is 0 Å². The van der Waals surface area contributed by atoms with Gasteiger partial charge in [-0.2, -0.15) is 0 Å². The molecule has 0 aliphatic carbocycles. The smallest absolute Gasteiger partial charge is 0.244 e. The molecule has 0 atom stereocenters. The van der Waals surface area contributed by atoms with Crippen LogP contribution in [0.5, 0.6) is 0 Å². The van der Waals surface area contributed by atoms with E-state index < -0.39 is 0 Å². The van der Waals surface area contributed by atoms with Crippen molar-refractivity contribution in [3.05, 3.63) is 12.0 Å². The molecule has 0 radical (unpaired) electrons. The van der Waals surface area contributed by atoms with E-state index in [1.54, 1.807) is 0 Å². The van der Waals surface area contributed by atoms with Gasteiger partial charge in [-0.1, -0.05) is 0 Å². The molecule has 0 saturated carbocycles. The number of aromatic nitrogens is 2. The second-order valence-electron chi connectivity index (χ2n) is 2.58. The number of carbonyl (C=O) groups excluding carboxylic acids is 1. The maximum atomic E-state index is 10.9. The minimum Gasteiger partial charge on any atom is -0.372 e. The lowest BCUT2D eigenvalue weighted by molar-refractivity contribution is -0.114. The molecule has 0 saturated heterocycles. The number of fused-ring (bicyclic) bond motifs is 1. The Morgan fingerprint density at radius 2 is 2.33 bits per heavy atom. The van der Waals surface area contributed by atoms with Crippen molar-refractivity contribution in [3.8, 4) is 0 Å². The number of carbonyl (C=O) groups is 1. The van der Waals surface area contributed by atoms with E-state index in [2.05, 4.69) is 20.6 Å². The van der Waals surface area contributed by atoms with Crippen LogP contribution < -0.4 is 10.6 Å². The molecule has 1 aromatic rings. The number of amides is 1. The van der Waals surface area contributed by atoms with Crippen LogP contribution in [0.4, 0.5) is 11.5 Å². The average molecular weight is 164 g/mol. The van der Waals surface area contributed by atoms with Gasteiger partial charge in [-0.3, -0.25) is 4.79 Å². The van der Waals surface area contributed by atoms with Gasteiger partial charge in [0.2, 0.25) is 5.91 Å². The molecule has 2 heterocycles. The van der Waals surface area contributed by atoms with Crippen LogP contribution in [-0.4, -0.2) is 22.4 Å². The summed E-state index contributed by atoms with van der Waals surface area (Å²) in [6.45, 7) is 2.16. The molecule has 12 heavy (non-hydrogen) atoms. The van der Waals surface area contributed by atoms with E-state index in [9.17, 15) is 4.79 Å². The first-order chi connectivity index (χ1) is 5.77. The molecule has 0 bridgehead atoms. The Morgan fingerprint density at radius 1 is 1.50 bits per heavy atom. The highest BCUT2D eigenvalue weighted by molar-refractivity contribution is 5.99. The fraction of sp³-hybridized carbons (Fsp3) is 0.286. The lowest BCUT2D eigenvalue weighted by Crippen LogP contribution is -2.28. The molecule has 1 amide bonds. The van der Waals surface area contributed by atoms with Crippen molar-refractivity contribution in [1.29, 1.82) is 0 Å². The Balaban J connectivity index is 2.48. The van der Waals surface area contributed by atoms with Gasteiger partial charge in [0.15, 0.2) is 5.82 Å². The summed E-state index contributed by atoms with van der Waals surface area (Å²) >= 11 is 0. The van der Waals surface area contributed by atoms with Gasteiger partial charge < -0.3 is 10.6 Å². The summed E-state index contributed by atoms with van der Waals surface area (Å²) in [6.07, 6.45) is 1.43. The van der Waals surface area contributed by atoms with E-state index in [1.165, 1.54) is 6.33 Å². The van der Waals surface area contributed by atoms with E-state index in [0.717, 1.165) is 11.4 Å². The summed E-state index contributed by atoms with van der Waals surface area (Å²) in [7, 11) is 0. The van der Waals surface area contributed by atoms with Gasteiger partial charge in [0.1, 0.15) is 6.33 Å². The molecular weight excluding hydrogens is 156 g/mol. The molecule has 0 unspecified atom stereocenters. The van der Waals surface area contributed by atoms with Crippen molar-refractivity contribution in [3.63, 3.8) is 0 Å². The molecule has 62 valence electrons. The summed E-state index contributed by atoms with van der Waals surface area (Å²) in [4.78, 5) is 18.8. The number of aryl methyl sites for hydroxylation is 1. The van der Waals surface area contributed by atoms with Gasteiger partial charge in [-0.15, -0.1) is 0 Å². The molecule has 5 heteroatoms. The third-order valence-electron chi connectivity index (χ3n) is 1.72. The van der Waals surface area contributed by atoms with Crippen molar-refractivity contribution >= 4 is 17.4 Å². The van der Waals surface area contributed by atoms with E-state index in [4.69, 9.17) is 0 Å². The zero-order chi connectivity index (χ0) is 8.55. The molecule has 5 nitrogen and oxygen atoms in total. The Kier molecular flexibility index (Phi) is 1.43. The minimum atomic E-state index is -0.0689. The number of hydrogen-bond donors (Lipinski definition) is 2. The van der Waals surface area contributed by atoms with Crippen LogP contribution in [0.25, 0.3) is 0 Å². The summed E-state index contributed by atoms with van der Waals surface area (Å²) in [6, 6.07) is 0. The first-order valence-corrected chi connectivity index (χ1v) is 3.62. The van der Waals surface area contributed by atoms with Crippen LogP contribution in [0.15, 0.2) is 6.33 Å². The van der Waals surface area contributed by atoms with Crippen molar-refractivity contribution in [2.75, 3.05) is 17.2 Å². The largest absolute Gasteiger partial charge is 0.372 e. The fourth-order valence-electron chi connectivity index (χ4n) is 1.12. The zero-order valence-electron chi connectivity index (χ0n) is 6.59.